The van der Waals surface area contributed by atoms with Gasteiger partial charge in [-0.3, -0.25) is 4.79 Å². The number of aliphatic imine (C=N–C) groups is 1. The number of hydrogen-bond acceptors (Lipinski definition) is 5. The second kappa shape index (κ2) is 10.6. The highest BCUT2D eigenvalue weighted by Crippen LogP contribution is 2.33. The van der Waals surface area contributed by atoms with Crippen molar-refractivity contribution in [3.05, 3.63) is 93.3 Å². The molecule has 1 N–H and O–H groups in total. The van der Waals surface area contributed by atoms with Crippen molar-refractivity contribution < 1.29 is 14.3 Å². The minimum Gasteiger partial charge on any atom is -0.490 e. The van der Waals surface area contributed by atoms with E-state index in [0.717, 1.165) is 22.4 Å². The second-order valence-electron chi connectivity index (χ2n) is 7.32. The van der Waals surface area contributed by atoms with E-state index in [1.807, 2.05) is 86.7 Å². The first-order chi connectivity index (χ1) is 16.0. The number of nitrogens with zero attached hydrogens (tertiary/aromatic N) is 1. The Balaban J connectivity index is 1.51. The Hall–Kier alpha value is -3.22. The van der Waals surface area contributed by atoms with Gasteiger partial charge in [-0.2, -0.15) is 0 Å². The fourth-order valence-electron chi connectivity index (χ4n) is 3.17. The normalized spacial score (nSPS) is 15.7. The number of amides is 1. The molecule has 3 aromatic rings. The predicted octanol–water partition coefficient (Wildman–Crippen LogP) is 6.52. The first-order valence-electron chi connectivity index (χ1n) is 10.5. The number of carbonyl (C=O) groups excluding carboxylic acids is 1. The quantitative estimate of drug-likeness (QED) is 0.393. The van der Waals surface area contributed by atoms with Crippen LogP contribution in [0.4, 0.5) is 5.69 Å². The van der Waals surface area contributed by atoms with Crippen LogP contribution in [0, 0.1) is 6.92 Å². The molecule has 33 heavy (non-hydrogen) atoms. The van der Waals surface area contributed by atoms with Crippen LogP contribution in [0.3, 0.4) is 0 Å². The molecule has 4 rings (SSSR count). The van der Waals surface area contributed by atoms with Gasteiger partial charge >= 0.3 is 0 Å². The lowest BCUT2D eigenvalue weighted by Crippen LogP contribution is -2.19. The molecule has 1 saturated heterocycles. The number of ether oxygens (including phenoxy) is 2. The SMILES string of the molecule is CCOc1cc(/C=C2\SC(=Nc3ccccc3C)NC2=O)ccc1OCc1ccc(Cl)cc1. The Morgan fingerprint density at radius 3 is 2.58 bits per heavy atom. The lowest BCUT2D eigenvalue weighted by atomic mass is 10.2. The number of rotatable bonds is 7. The summed E-state index contributed by atoms with van der Waals surface area (Å²) in [7, 11) is 0. The lowest BCUT2D eigenvalue weighted by Gasteiger charge is -2.13. The number of hydrogen-bond donors (Lipinski definition) is 1. The van der Waals surface area contributed by atoms with Crippen LogP contribution in [0.15, 0.2) is 76.6 Å². The minimum atomic E-state index is -0.173. The largest absolute Gasteiger partial charge is 0.490 e. The molecule has 1 heterocycles. The summed E-state index contributed by atoms with van der Waals surface area (Å²) in [6, 6.07) is 20.9. The van der Waals surface area contributed by atoms with Crippen molar-refractivity contribution in [2.45, 2.75) is 20.5 Å². The van der Waals surface area contributed by atoms with Crippen LogP contribution in [0.5, 0.6) is 11.5 Å². The molecule has 0 atom stereocenters. The molecular weight excluding hydrogens is 456 g/mol. The maximum absolute atomic E-state index is 12.5. The van der Waals surface area contributed by atoms with Crippen LogP contribution in [0.2, 0.25) is 5.02 Å². The first kappa shape index (κ1) is 23.0. The molecule has 1 aliphatic rings. The smallest absolute Gasteiger partial charge is 0.264 e. The Labute approximate surface area is 202 Å². The first-order valence-corrected chi connectivity index (χ1v) is 11.7. The summed E-state index contributed by atoms with van der Waals surface area (Å²) in [6.07, 6.45) is 1.83. The van der Waals surface area contributed by atoms with Crippen molar-refractivity contribution in [2.24, 2.45) is 4.99 Å². The van der Waals surface area contributed by atoms with Crippen LogP contribution in [-0.2, 0) is 11.4 Å². The summed E-state index contributed by atoms with van der Waals surface area (Å²) >= 11 is 7.26. The number of benzene rings is 3. The van der Waals surface area contributed by atoms with E-state index >= 15 is 0 Å². The monoisotopic (exact) mass is 478 g/mol. The van der Waals surface area contributed by atoms with Gasteiger partial charge in [0.15, 0.2) is 16.7 Å². The summed E-state index contributed by atoms with van der Waals surface area (Å²) in [6.45, 7) is 4.81. The Morgan fingerprint density at radius 1 is 1.03 bits per heavy atom. The summed E-state index contributed by atoms with van der Waals surface area (Å²) in [4.78, 5) is 17.6. The molecule has 3 aromatic carbocycles. The van der Waals surface area contributed by atoms with E-state index in [4.69, 9.17) is 21.1 Å². The highest BCUT2D eigenvalue weighted by molar-refractivity contribution is 8.18. The van der Waals surface area contributed by atoms with Gasteiger partial charge in [0, 0.05) is 5.02 Å². The molecule has 0 bridgehead atoms. The van der Waals surface area contributed by atoms with Gasteiger partial charge in [0.1, 0.15) is 6.61 Å². The molecule has 0 saturated carbocycles. The van der Waals surface area contributed by atoms with Gasteiger partial charge < -0.3 is 14.8 Å². The van der Waals surface area contributed by atoms with Crippen molar-refractivity contribution in [2.75, 3.05) is 6.61 Å². The molecule has 0 aliphatic carbocycles. The molecular formula is C26H23ClN2O3S. The van der Waals surface area contributed by atoms with Gasteiger partial charge in [-0.15, -0.1) is 0 Å². The van der Waals surface area contributed by atoms with E-state index in [2.05, 4.69) is 10.3 Å². The summed E-state index contributed by atoms with van der Waals surface area (Å²) in [5.74, 6) is 1.09. The van der Waals surface area contributed by atoms with Crippen molar-refractivity contribution >= 4 is 46.2 Å². The zero-order valence-electron chi connectivity index (χ0n) is 18.3. The number of aryl methyl sites for hydroxylation is 1. The van der Waals surface area contributed by atoms with Crippen LogP contribution < -0.4 is 14.8 Å². The number of thioether (sulfide) groups is 1. The molecule has 168 valence electrons. The van der Waals surface area contributed by atoms with Crippen LogP contribution in [0.1, 0.15) is 23.6 Å². The number of amidine groups is 1. The summed E-state index contributed by atoms with van der Waals surface area (Å²) < 4.78 is 11.7. The predicted molar refractivity (Wildman–Crippen MR) is 135 cm³/mol. The van der Waals surface area contributed by atoms with Gasteiger partial charge in [-0.05, 0) is 78.7 Å². The van der Waals surface area contributed by atoms with E-state index in [1.165, 1.54) is 11.8 Å². The highest BCUT2D eigenvalue weighted by Gasteiger charge is 2.24. The average Bonchev–Trinajstić information content (AvgIpc) is 3.14. The molecule has 7 heteroatoms. The van der Waals surface area contributed by atoms with Crippen molar-refractivity contribution in [1.82, 2.24) is 5.32 Å². The molecule has 0 aromatic heterocycles. The molecule has 5 nitrogen and oxygen atoms in total. The molecule has 0 radical (unpaired) electrons. The van der Waals surface area contributed by atoms with Gasteiger partial charge in [0.05, 0.1) is 17.2 Å². The van der Waals surface area contributed by atoms with Crippen molar-refractivity contribution in [1.29, 1.82) is 0 Å². The van der Waals surface area contributed by atoms with Crippen LogP contribution in [0.25, 0.3) is 6.08 Å². The minimum absolute atomic E-state index is 0.173. The number of para-hydroxylation sites is 1. The highest BCUT2D eigenvalue weighted by atomic mass is 35.5. The fourth-order valence-corrected chi connectivity index (χ4v) is 4.13. The average molecular weight is 479 g/mol. The van der Waals surface area contributed by atoms with Crippen LogP contribution >= 0.6 is 23.4 Å². The number of nitrogens with one attached hydrogen (secondary N) is 1. The van der Waals surface area contributed by atoms with Crippen molar-refractivity contribution in [3.63, 3.8) is 0 Å². The zero-order chi connectivity index (χ0) is 23.2. The third-order valence-corrected chi connectivity index (χ3v) is 6.02. The van der Waals surface area contributed by atoms with Gasteiger partial charge in [-0.1, -0.05) is 48.0 Å². The summed E-state index contributed by atoms with van der Waals surface area (Å²) in [5, 5.41) is 4.08. The third kappa shape index (κ3) is 5.97. The van der Waals surface area contributed by atoms with Gasteiger partial charge in [0.2, 0.25) is 0 Å². The molecule has 0 spiro atoms. The second-order valence-corrected chi connectivity index (χ2v) is 8.79. The Kier molecular flexibility index (Phi) is 7.37. The van der Waals surface area contributed by atoms with E-state index < -0.39 is 0 Å². The molecule has 0 unspecified atom stereocenters. The number of halogens is 1. The van der Waals surface area contributed by atoms with E-state index in [1.54, 1.807) is 0 Å². The maximum atomic E-state index is 12.5. The third-order valence-electron chi connectivity index (χ3n) is 4.86. The topological polar surface area (TPSA) is 59.9 Å². The van der Waals surface area contributed by atoms with E-state index in [-0.39, 0.29) is 5.91 Å². The van der Waals surface area contributed by atoms with Gasteiger partial charge in [0.25, 0.3) is 5.91 Å². The molecule has 1 aliphatic heterocycles. The Bertz CT molecular complexity index is 1220. The van der Waals surface area contributed by atoms with Gasteiger partial charge in [-0.25, -0.2) is 4.99 Å². The zero-order valence-corrected chi connectivity index (χ0v) is 19.9. The Morgan fingerprint density at radius 2 is 1.82 bits per heavy atom. The number of carbonyl (C=O) groups is 1. The van der Waals surface area contributed by atoms with E-state index in [0.29, 0.717) is 39.8 Å². The van der Waals surface area contributed by atoms with E-state index in [9.17, 15) is 4.79 Å². The molecule has 1 fully saturated rings. The molecule has 1 amide bonds. The maximum Gasteiger partial charge on any atom is 0.264 e. The van der Waals surface area contributed by atoms with Crippen LogP contribution in [-0.4, -0.2) is 17.7 Å². The van der Waals surface area contributed by atoms with Crippen molar-refractivity contribution in [3.8, 4) is 11.5 Å². The summed E-state index contributed by atoms with van der Waals surface area (Å²) in [5.41, 5.74) is 3.73. The lowest BCUT2D eigenvalue weighted by molar-refractivity contribution is -0.115. The standard InChI is InChI=1S/C26H23ClN2O3S/c1-3-31-23-14-19(10-13-22(23)32-16-18-8-11-20(27)12-9-18)15-24-25(30)29-26(33-24)28-21-7-5-4-6-17(21)2/h4-15H,3,16H2,1-2H3,(H,28,29,30)/b24-15-. The fraction of sp³-hybridized carbons (Fsp3) is 0.154.